The van der Waals surface area contributed by atoms with Crippen molar-refractivity contribution in [3.05, 3.63) is 34.1 Å². The zero-order chi connectivity index (χ0) is 13.3. The van der Waals surface area contributed by atoms with E-state index in [1.54, 1.807) is 0 Å². The van der Waals surface area contributed by atoms with E-state index in [1.165, 1.54) is 12.1 Å². The molecule has 0 aromatic heterocycles. The Kier molecular flexibility index (Phi) is 3.65. The average Bonchev–Trinajstić information content (AvgIpc) is 3.12. The zero-order valence-electron chi connectivity index (χ0n) is 9.32. The van der Waals surface area contributed by atoms with Crippen molar-refractivity contribution in [2.45, 2.75) is 18.9 Å². The fraction of sp³-hybridized carbons (Fsp3) is 0.333. The number of benzene rings is 1. The van der Waals surface area contributed by atoms with Crippen LogP contribution in [0.15, 0.2) is 22.7 Å². The molecule has 2 rings (SSSR count). The van der Waals surface area contributed by atoms with Gasteiger partial charge >= 0.3 is 5.97 Å². The number of hydrogen-bond acceptors (Lipinski definition) is 2. The van der Waals surface area contributed by atoms with Crippen LogP contribution < -0.4 is 5.32 Å². The molecule has 18 heavy (non-hydrogen) atoms. The number of carbonyl (C=O) groups is 2. The number of carboxylic acids is 1. The number of carboxylic acid groups (broad SMARTS) is 1. The molecule has 0 radical (unpaired) electrons. The summed E-state index contributed by atoms with van der Waals surface area (Å²) < 4.78 is 14.0. The van der Waals surface area contributed by atoms with Gasteiger partial charge in [0.05, 0.1) is 5.56 Å². The van der Waals surface area contributed by atoms with Crippen LogP contribution in [0.2, 0.25) is 0 Å². The molecule has 0 bridgehead atoms. The van der Waals surface area contributed by atoms with Crippen LogP contribution in [0.5, 0.6) is 0 Å². The van der Waals surface area contributed by atoms with Crippen molar-refractivity contribution in [3.8, 4) is 0 Å². The number of aliphatic carboxylic acids is 1. The first-order valence-electron chi connectivity index (χ1n) is 5.48. The normalized spacial score (nSPS) is 16.1. The first kappa shape index (κ1) is 13.0. The second kappa shape index (κ2) is 5.06. The third kappa shape index (κ3) is 2.87. The van der Waals surface area contributed by atoms with Crippen molar-refractivity contribution in [1.82, 2.24) is 5.32 Å². The Morgan fingerprint density at radius 3 is 2.67 bits per heavy atom. The lowest BCUT2D eigenvalue weighted by molar-refractivity contribution is -0.139. The second-order valence-corrected chi connectivity index (χ2v) is 5.17. The summed E-state index contributed by atoms with van der Waals surface area (Å²) in [6.07, 6.45) is 1.55. The summed E-state index contributed by atoms with van der Waals surface area (Å²) in [4.78, 5) is 22.8. The molecule has 0 saturated heterocycles. The molecule has 1 amide bonds. The molecule has 1 aliphatic carbocycles. The molecule has 0 aliphatic heterocycles. The SMILES string of the molecule is O=C(NC(C(=O)O)C1CC1)c1cc(Br)ccc1F. The van der Waals surface area contributed by atoms with E-state index in [1.807, 2.05) is 0 Å². The van der Waals surface area contributed by atoms with Gasteiger partial charge in [-0.2, -0.15) is 0 Å². The molecule has 96 valence electrons. The number of hydrogen-bond donors (Lipinski definition) is 2. The fourth-order valence-corrected chi connectivity index (χ4v) is 2.06. The third-order valence-electron chi connectivity index (χ3n) is 2.82. The zero-order valence-corrected chi connectivity index (χ0v) is 10.9. The minimum absolute atomic E-state index is 0.0401. The Morgan fingerprint density at radius 2 is 2.11 bits per heavy atom. The van der Waals surface area contributed by atoms with Crippen LogP contribution in [0.1, 0.15) is 23.2 Å². The molecule has 0 spiro atoms. The van der Waals surface area contributed by atoms with Crippen LogP contribution in [0.4, 0.5) is 4.39 Å². The number of rotatable bonds is 4. The van der Waals surface area contributed by atoms with Gasteiger partial charge in [-0.1, -0.05) is 15.9 Å². The van der Waals surface area contributed by atoms with E-state index in [4.69, 9.17) is 5.11 Å². The van der Waals surface area contributed by atoms with E-state index in [2.05, 4.69) is 21.2 Å². The van der Waals surface area contributed by atoms with Gasteiger partial charge in [-0.05, 0) is 37.0 Å². The number of carbonyl (C=O) groups excluding carboxylic acids is 1. The fourth-order valence-electron chi connectivity index (χ4n) is 1.70. The Hall–Kier alpha value is -1.43. The average molecular weight is 316 g/mol. The summed E-state index contributed by atoms with van der Waals surface area (Å²) >= 11 is 3.14. The topological polar surface area (TPSA) is 66.4 Å². The monoisotopic (exact) mass is 315 g/mol. The summed E-state index contributed by atoms with van der Waals surface area (Å²) in [5.74, 6) is -2.49. The van der Waals surface area contributed by atoms with E-state index in [-0.39, 0.29) is 11.5 Å². The molecular formula is C12H11BrFNO3. The van der Waals surface area contributed by atoms with Crippen molar-refractivity contribution in [2.75, 3.05) is 0 Å². The third-order valence-corrected chi connectivity index (χ3v) is 3.31. The minimum Gasteiger partial charge on any atom is -0.480 e. The lowest BCUT2D eigenvalue weighted by Crippen LogP contribution is -2.42. The van der Waals surface area contributed by atoms with Crippen molar-refractivity contribution in [3.63, 3.8) is 0 Å². The maximum absolute atomic E-state index is 13.5. The van der Waals surface area contributed by atoms with Crippen LogP contribution in [0.25, 0.3) is 0 Å². The molecule has 1 unspecified atom stereocenters. The molecular weight excluding hydrogens is 305 g/mol. The van der Waals surface area contributed by atoms with Crippen molar-refractivity contribution in [2.24, 2.45) is 5.92 Å². The van der Waals surface area contributed by atoms with Crippen molar-refractivity contribution < 1.29 is 19.1 Å². The highest BCUT2D eigenvalue weighted by molar-refractivity contribution is 9.10. The molecule has 1 fully saturated rings. The molecule has 6 heteroatoms. The number of amides is 1. The standard InChI is InChI=1S/C12H11BrFNO3/c13-7-3-4-9(14)8(5-7)11(16)15-10(12(17)18)6-1-2-6/h3-6,10H,1-2H2,(H,15,16)(H,17,18). The van der Waals surface area contributed by atoms with Crippen LogP contribution in [-0.4, -0.2) is 23.0 Å². The van der Waals surface area contributed by atoms with Crippen molar-refractivity contribution in [1.29, 1.82) is 0 Å². The van der Waals surface area contributed by atoms with Gasteiger partial charge in [-0.25, -0.2) is 9.18 Å². The predicted molar refractivity (Wildman–Crippen MR) is 65.7 cm³/mol. The van der Waals surface area contributed by atoms with Gasteiger partial charge < -0.3 is 10.4 Å². The van der Waals surface area contributed by atoms with Gasteiger partial charge in [0.2, 0.25) is 0 Å². The van der Waals surface area contributed by atoms with Crippen molar-refractivity contribution >= 4 is 27.8 Å². The quantitative estimate of drug-likeness (QED) is 0.895. The Balaban J connectivity index is 2.15. The first-order chi connectivity index (χ1) is 8.49. The van der Waals surface area contributed by atoms with Crippen LogP contribution >= 0.6 is 15.9 Å². The summed E-state index contributed by atoms with van der Waals surface area (Å²) in [6.45, 7) is 0. The molecule has 2 N–H and O–H groups in total. The lowest BCUT2D eigenvalue weighted by atomic mass is 10.1. The molecule has 4 nitrogen and oxygen atoms in total. The molecule has 1 atom stereocenters. The number of nitrogens with one attached hydrogen (secondary N) is 1. The maximum atomic E-state index is 13.5. The Bertz CT molecular complexity index is 502. The highest BCUT2D eigenvalue weighted by Crippen LogP contribution is 2.33. The first-order valence-corrected chi connectivity index (χ1v) is 6.27. The highest BCUT2D eigenvalue weighted by atomic mass is 79.9. The molecule has 1 aromatic rings. The molecule has 0 heterocycles. The molecule has 1 saturated carbocycles. The smallest absolute Gasteiger partial charge is 0.326 e. The lowest BCUT2D eigenvalue weighted by Gasteiger charge is -2.13. The summed E-state index contributed by atoms with van der Waals surface area (Å²) in [5, 5.41) is 11.3. The summed E-state index contributed by atoms with van der Waals surface area (Å²) in [7, 11) is 0. The van der Waals surface area contributed by atoms with Crippen LogP contribution in [0, 0.1) is 11.7 Å². The van der Waals surface area contributed by atoms with Crippen LogP contribution in [-0.2, 0) is 4.79 Å². The summed E-state index contributed by atoms with van der Waals surface area (Å²) in [5.41, 5.74) is -0.156. The van der Waals surface area contributed by atoms with E-state index >= 15 is 0 Å². The Labute approximate surface area is 111 Å². The Morgan fingerprint density at radius 1 is 1.44 bits per heavy atom. The second-order valence-electron chi connectivity index (χ2n) is 4.25. The van der Waals surface area contributed by atoms with Gasteiger partial charge in [-0.15, -0.1) is 0 Å². The van der Waals surface area contributed by atoms with E-state index in [0.29, 0.717) is 4.47 Å². The van der Waals surface area contributed by atoms with E-state index < -0.39 is 23.7 Å². The minimum atomic E-state index is -1.08. The van der Waals surface area contributed by atoms with Gasteiger partial charge in [0.15, 0.2) is 0 Å². The van der Waals surface area contributed by atoms with E-state index in [0.717, 1.165) is 18.9 Å². The van der Waals surface area contributed by atoms with E-state index in [9.17, 15) is 14.0 Å². The number of halogens is 2. The van der Waals surface area contributed by atoms with Gasteiger partial charge in [-0.3, -0.25) is 4.79 Å². The largest absolute Gasteiger partial charge is 0.480 e. The maximum Gasteiger partial charge on any atom is 0.326 e. The van der Waals surface area contributed by atoms with Gasteiger partial charge in [0.25, 0.3) is 5.91 Å². The predicted octanol–water partition coefficient (Wildman–Crippen LogP) is 2.18. The van der Waals surface area contributed by atoms with Gasteiger partial charge in [0, 0.05) is 4.47 Å². The van der Waals surface area contributed by atoms with Crippen LogP contribution in [0.3, 0.4) is 0 Å². The highest BCUT2D eigenvalue weighted by Gasteiger charge is 2.37. The molecule has 1 aliphatic rings. The summed E-state index contributed by atoms with van der Waals surface area (Å²) in [6, 6.07) is 3.03. The van der Waals surface area contributed by atoms with Gasteiger partial charge in [0.1, 0.15) is 11.9 Å². The molecule has 1 aromatic carbocycles.